The molecular weight excluding hydrogens is 609 g/mol. The summed E-state index contributed by atoms with van der Waals surface area (Å²) in [6.45, 7) is 0. The van der Waals surface area contributed by atoms with Gasteiger partial charge in [-0.25, -0.2) is 0 Å². The van der Waals surface area contributed by atoms with Crippen molar-refractivity contribution >= 4 is 53.4 Å². The Morgan fingerprint density at radius 1 is 0.388 bits per heavy atom. The van der Waals surface area contributed by atoms with E-state index in [4.69, 9.17) is 0 Å². The first-order valence-electron chi connectivity index (χ1n) is 17.1. The number of allylic oxidation sites excluding steroid dienone is 4. The Labute approximate surface area is 289 Å². The molecule has 2 atom stereocenters. The van der Waals surface area contributed by atoms with E-state index in [1.54, 1.807) is 0 Å². The number of benzene rings is 7. The molecule has 2 aliphatic rings. The van der Waals surface area contributed by atoms with Crippen LogP contribution in [0, 0.1) is 11.8 Å². The van der Waals surface area contributed by atoms with Gasteiger partial charge in [0.1, 0.15) is 0 Å². The Morgan fingerprint density at radius 2 is 0.959 bits per heavy atom. The van der Waals surface area contributed by atoms with Gasteiger partial charge < -0.3 is 0 Å². The van der Waals surface area contributed by atoms with Gasteiger partial charge in [-0.05, 0) is 77.9 Å². The second-order valence-electron chi connectivity index (χ2n) is 13.2. The largest absolute Gasteiger partial charge is 0.135 e. The standard InChI is InChI=1S/C48H32S/c1-2-16-36-31(12-1)13-10-22-37(36)34-14-9-15-35(30-34)47-42-20-5-3-18-40(42)46(41-19-4-6-21-43(41)47)33-28-26-32(27-29-33)38-23-11-24-44-39-17-7-8-25-45(39)49-48(38)44/h1-30,40,42H. The lowest BCUT2D eigenvalue weighted by molar-refractivity contribution is 0.686. The van der Waals surface area contributed by atoms with E-state index in [0.717, 1.165) is 0 Å². The van der Waals surface area contributed by atoms with E-state index in [2.05, 4.69) is 182 Å². The van der Waals surface area contributed by atoms with Crippen LogP contribution in [0.3, 0.4) is 0 Å². The van der Waals surface area contributed by atoms with Crippen LogP contribution in [-0.4, -0.2) is 0 Å². The molecule has 0 saturated carbocycles. The van der Waals surface area contributed by atoms with Gasteiger partial charge in [-0.1, -0.05) is 170 Å². The number of fused-ring (bicyclic) bond motifs is 6. The zero-order valence-electron chi connectivity index (χ0n) is 26.9. The van der Waals surface area contributed by atoms with Gasteiger partial charge in [0.2, 0.25) is 0 Å². The summed E-state index contributed by atoms with van der Waals surface area (Å²) in [5.74, 6) is 0.484. The SMILES string of the molecule is C1=CC2C(c3ccc(-c4cccc5c4sc4ccccc45)cc3)=c3ccccc3=C(c3cccc(-c4cccc5ccccc45)c3)C2C=C1. The van der Waals surface area contributed by atoms with Crippen LogP contribution in [0.25, 0.3) is 64.3 Å². The maximum absolute atomic E-state index is 2.41. The highest BCUT2D eigenvalue weighted by Gasteiger charge is 2.32. The second-order valence-corrected chi connectivity index (χ2v) is 14.2. The Morgan fingerprint density at radius 3 is 1.78 bits per heavy atom. The minimum atomic E-state index is 0.240. The molecule has 1 heteroatoms. The van der Waals surface area contributed by atoms with Crippen LogP contribution in [0.5, 0.6) is 0 Å². The number of thiophene rings is 1. The van der Waals surface area contributed by atoms with Crippen molar-refractivity contribution in [3.63, 3.8) is 0 Å². The Hall–Kier alpha value is -5.76. The third-order valence-electron chi connectivity index (χ3n) is 10.5. The molecule has 0 aliphatic heterocycles. The molecule has 1 heterocycles. The predicted octanol–water partition coefficient (Wildman–Crippen LogP) is 11.3. The zero-order valence-corrected chi connectivity index (χ0v) is 27.7. The van der Waals surface area contributed by atoms with Crippen LogP contribution in [0.1, 0.15) is 11.1 Å². The van der Waals surface area contributed by atoms with E-state index < -0.39 is 0 Å². The molecule has 49 heavy (non-hydrogen) atoms. The molecule has 0 amide bonds. The van der Waals surface area contributed by atoms with Crippen molar-refractivity contribution in [2.24, 2.45) is 11.8 Å². The summed E-state index contributed by atoms with van der Waals surface area (Å²) in [5.41, 5.74) is 10.5. The maximum atomic E-state index is 2.41. The van der Waals surface area contributed by atoms with Crippen molar-refractivity contribution < 1.29 is 0 Å². The monoisotopic (exact) mass is 640 g/mol. The summed E-state index contributed by atoms with van der Waals surface area (Å²) >= 11 is 1.89. The van der Waals surface area contributed by atoms with Crippen molar-refractivity contribution in [3.8, 4) is 22.3 Å². The van der Waals surface area contributed by atoms with E-state index in [1.165, 1.54) is 85.9 Å². The molecule has 0 nitrogen and oxygen atoms in total. The molecule has 0 spiro atoms. The molecular formula is C48H32S. The molecule has 0 saturated heterocycles. The van der Waals surface area contributed by atoms with Crippen molar-refractivity contribution in [3.05, 3.63) is 204 Å². The van der Waals surface area contributed by atoms with Crippen molar-refractivity contribution in [1.82, 2.24) is 0 Å². The summed E-state index contributed by atoms with van der Waals surface area (Å²) in [6, 6.07) is 58.4. The highest BCUT2D eigenvalue weighted by Crippen LogP contribution is 2.43. The zero-order chi connectivity index (χ0) is 32.3. The first-order chi connectivity index (χ1) is 24.3. The molecule has 8 aromatic rings. The Bertz CT molecular complexity index is 2770. The Balaban J connectivity index is 1.14. The minimum absolute atomic E-state index is 0.240. The lowest BCUT2D eigenvalue weighted by Gasteiger charge is -2.33. The molecule has 0 fully saturated rings. The summed E-state index contributed by atoms with van der Waals surface area (Å²) in [4.78, 5) is 0. The molecule has 0 bridgehead atoms. The fourth-order valence-corrected chi connectivity index (χ4v) is 9.54. The van der Waals surface area contributed by atoms with Crippen LogP contribution in [0.15, 0.2) is 182 Å². The van der Waals surface area contributed by atoms with Crippen molar-refractivity contribution in [2.45, 2.75) is 0 Å². The summed E-state index contributed by atoms with van der Waals surface area (Å²) < 4.78 is 2.70. The van der Waals surface area contributed by atoms with Crippen molar-refractivity contribution in [1.29, 1.82) is 0 Å². The molecule has 7 aromatic carbocycles. The smallest absolute Gasteiger partial charge is 0.0433 e. The molecule has 2 unspecified atom stereocenters. The van der Waals surface area contributed by atoms with E-state index in [9.17, 15) is 0 Å². The lowest BCUT2D eigenvalue weighted by Crippen LogP contribution is -2.40. The van der Waals surface area contributed by atoms with E-state index in [0.29, 0.717) is 0 Å². The van der Waals surface area contributed by atoms with Crippen LogP contribution in [0.2, 0.25) is 0 Å². The van der Waals surface area contributed by atoms with Crippen LogP contribution in [0.4, 0.5) is 0 Å². The maximum Gasteiger partial charge on any atom is 0.0433 e. The molecule has 230 valence electrons. The highest BCUT2D eigenvalue weighted by molar-refractivity contribution is 7.26. The van der Waals surface area contributed by atoms with Gasteiger partial charge in [0.05, 0.1) is 0 Å². The summed E-state index contributed by atoms with van der Waals surface area (Å²) in [6.07, 6.45) is 9.29. The van der Waals surface area contributed by atoms with Gasteiger partial charge in [-0.2, -0.15) is 0 Å². The van der Waals surface area contributed by atoms with Gasteiger partial charge in [0, 0.05) is 32.0 Å². The minimum Gasteiger partial charge on any atom is -0.135 e. The van der Waals surface area contributed by atoms with Gasteiger partial charge in [-0.3, -0.25) is 0 Å². The van der Waals surface area contributed by atoms with Crippen molar-refractivity contribution in [2.75, 3.05) is 0 Å². The summed E-state index contributed by atoms with van der Waals surface area (Å²) in [7, 11) is 0. The molecule has 1 aromatic heterocycles. The predicted molar refractivity (Wildman–Crippen MR) is 210 cm³/mol. The summed E-state index contributed by atoms with van der Waals surface area (Å²) in [5, 5.41) is 7.89. The van der Waals surface area contributed by atoms with Gasteiger partial charge in [-0.15, -0.1) is 11.3 Å². The fourth-order valence-electron chi connectivity index (χ4n) is 8.30. The topological polar surface area (TPSA) is 0 Å². The molecule has 0 radical (unpaired) electrons. The van der Waals surface area contributed by atoms with E-state index in [-0.39, 0.29) is 11.8 Å². The number of rotatable bonds is 4. The van der Waals surface area contributed by atoms with E-state index >= 15 is 0 Å². The van der Waals surface area contributed by atoms with Gasteiger partial charge in [0.15, 0.2) is 0 Å². The van der Waals surface area contributed by atoms with Gasteiger partial charge in [0.25, 0.3) is 0 Å². The molecule has 0 N–H and O–H groups in total. The quantitative estimate of drug-likeness (QED) is 0.180. The van der Waals surface area contributed by atoms with Crippen LogP contribution in [-0.2, 0) is 0 Å². The second kappa shape index (κ2) is 11.4. The third kappa shape index (κ3) is 4.58. The van der Waals surface area contributed by atoms with Crippen LogP contribution >= 0.6 is 11.3 Å². The molecule has 2 aliphatic carbocycles. The highest BCUT2D eigenvalue weighted by atomic mass is 32.1. The third-order valence-corrected chi connectivity index (χ3v) is 11.7. The molecule has 10 rings (SSSR count). The number of hydrogen-bond donors (Lipinski definition) is 0. The average molecular weight is 641 g/mol. The van der Waals surface area contributed by atoms with Gasteiger partial charge >= 0.3 is 0 Å². The Kier molecular flexibility index (Phi) is 6.60. The normalized spacial score (nSPS) is 16.7. The number of hydrogen-bond acceptors (Lipinski definition) is 1. The first-order valence-corrected chi connectivity index (χ1v) is 17.9. The fraction of sp³-hybridized carbons (Fsp3) is 0.0417. The van der Waals surface area contributed by atoms with E-state index in [1.807, 2.05) is 11.3 Å². The first kappa shape index (κ1) is 28.3. The van der Waals surface area contributed by atoms with Crippen LogP contribution < -0.4 is 10.4 Å². The average Bonchev–Trinajstić information content (AvgIpc) is 3.56. The lowest BCUT2D eigenvalue weighted by atomic mass is 9.70.